The van der Waals surface area contributed by atoms with Gasteiger partial charge in [0.05, 0.1) is 12.0 Å². The van der Waals surface area contributed by atoms with E-state index in [2.05, 4.69) is 53.0 Å². The van der Waals surface area contributed by atoms with Crippen LogP contribution in [-0.2, 0) is 0 Å². The zero-order chi connectivity index (χ0) is 10.8. The van der Waals surface area contributed by atoms with Crippen molar-refractivity contribution in [3.63, 3.8) is 0 Å². The fourth-order valence-corrected chi connectivity index (χ4v) is 2.09. The van der Waals surface area contributed by atoms with Crippen LogP contribution in [-0.4, -0.2) is 9.55 Å². The monoisotopic (exact) mass is 264 g/mol. The van der Waals surface area contributed by atoms with Crippen LogP contribution < -0.4 is 0 Å². The first-order chi connectivity index (χ1) is 7.18. The van der Waals surface area contributed by atoms with E-state index < -0.39 is 0 Å². The summed E-state index contributed by atoms with van der Waals surface area (Å²) in [5.74, 6) is 0.554. The van der Waals surface area contributed by atoms with E-state index in [1.165, 1.54) is 5.56 Å². The van der Waals surface area contributed by atoms with Gasteiger partial charge in [0.25, 0.3) is 0 Å². The first-order valence-corrected chi connectivity index (χ1v) is 5.75. The summed E-state index contributed by atoms with van der Waals surface area (Å²) in [6, 6.07) is 6.44. The van der Waals surface area contributed by atoms with Crippen molar-refractivity contribution in [3.05, 3.63) is 47.0 Å². The highest BCUT2D eigenvalue weighted by Crippen LogP contribution is 2.25. The standard InChI is InChI=1S/C12H13BrN2/c1-9(2)10-3-4-12(11(13)7-10)15-6-5-14-8-15/h3-9H,1-2H3. The van der Waals surface area contributed by atoms with E-state index in [0.717, 1.165) is 10.2 Å². The third-order valence-corrected chi connectivity index (χ3v) is 3.06. The molecule has 0 saturated heterocycles. The smallest absolute Gasteiger partial charge is 0.0992 e. The van der Waals surface area contributed by atoms with Gasteiger partial charge in [-0.2, -0.15) is 0 Å². The minimum absolute atomic E-state index is 0.554. The maximum absolute atomic E-state index is 4.04. The predicted molar refractivity (Wildman–Crippen MR) is 65.4 cm³/mol. The van der Waals surface area contributed by atoms with Gasteiger partial charge >= 0.3 is 0 Å². The average Bonchev–Trinajstić information content (AvgIpc) is 2.70. The van der Waals surface area contributed by atoms with Crippen LogP contribution in [0.1, 0.15) is 25.3 Å². The van der Waals surface area contributed by atoms with Gasteiger partial charge in [-0.05, 0) is 39.5 Å². The topological polar surface area (TPSA) is 17.8 Å². The van der Waals surface area contributed by atoms with Crippen molar-refractivity contribution >= 4 is 15.9 Å². The minimum atomic E-state index is 0.554. The SMILES string of the molecule is CC(C)c1ccc(-n2ccnc2)c(Br)c1. The van der Waals surface area contributed by atoms with Gasteiger partial charge in [0, 0.05) is 16.9 Å². The Hall–Kier alpha value is -1.09. The van der Waals surface area contributed by atoms with E-state index in [1.54, 1.807) is 12.5 Å². The molecule has 2 rings (SSSR count). The number of aromatic nitrogens is 2. The maximum Gasteiger partial charge on any atom is 0.0992 e. The van der Waals surface area contributed by atoms with Crippen LogP contribution in [0.15, 0.2) is 41.4 Å². The number of imidazole rings is 1. The van der Waals surface area contributed by atoms with Crippen molar-refractivity contribution in [1.82, 2.24) is 9.55 Å². The first-order valence-electron chi connectivity index (χ1n) is 4.96. The highest BCUT2D eigenvalue weighted by atomic mass is 79.9. The number of hydrogen-bond acceptors (Lipinski definition) is 1. The molecule has 0 unspecified atom stereocenters. The average molecular weight is 265 g/mol. The van der Waals surface area contributed by atoms with E-state index in [0.29, 0.717) is 5.92 Å². The Bertz CT molecular complexity index is 447. The highest BCUT2D eigenvalue weighted by Gasteiger charge is 2.05. The molecule has 0 bridgehead atoms. The minimum Gasteiger partial charge on any atom is -0.305 e. The van der Waals surface area contributed by atoms with Crippen LogP contribution in [0.2, 0.25) is 0 Å². The second-order valence-electron chi connectivity index (χ2n) is 3.84. The summed E-state index contributed by atoms with van der Waals surface area (Å²) in [6.07, 6.45) is 5.52. The number of benzene rings is 1. The van der Waals surface area contributed by atoms with Crippen molar-refractivity contribution in [3.8, 4) is 5.69 Å². The van der Waals surface area contributed by atoms with Crippen LogP contribution in [0, 0.1) is 0 Å². The molecule has 0 aliphatic carbocycles. The van der Waals surface area contributed by atoms with Crippen LogP contribution in [0.4, 0.5) is 0 Å². The Balaban J connectivity index is 2.44. The van der Waals surface area contributed by atoms with Gasteiger partial charge in [0.2, 0.25) is 0 Å². The zero-order valence-electron chi connectivity index (χ0n) is 8.81. The molecule has 2 aromatic rings. The summed E-state index contributed by atoms with van der Waals surface area (Å²) >= 11 is 3.59. The van der Waals surface area contributed by atoms with E-state index in [-0.39, 0.29) is 0 Å². The Morgan fingerprint density at radius 2 is 2.13 bits per heavy atom. The number of hydrogen-bond donors (Lipinski definition) is 0. The molecular formula is C12H13BrN2. The maximum atomic E-state index is 4.04. The molecule has 15 heavy (non-hydrogen) atoms. The molecule has 0 spiro atoms. The molecule has 3 heteroatoms. The van der Waals surface area contributed by atoms with Gasteiger partial charge in [-0.1, -0.05) is 19.9 Å². The third-order valence-electron chi connectivity index (χ3n) is 2.42. The third kappa shape index (κ3) is 2.12. The molecule has 0 aliphatic rings. The van der Waals surface area contributed by atoms with E-state index >= 15 is 0 Å². The quantitative estimate of drug-likeness (QED) is 0.808. The first kappa shape index (κ1) is 10.4. The molecule has 1 heterocycles. The van der Waals surface area contributed by atoms with E-state index in [9.17, 15) is 0 Å². The van der Waals surface area contributed by atoms with Crippen LogP contribution in [0.25, 0.3) is 5.69 Å². The number of halogens is 1. The Labute approximate surface area is 98.1 Å². The fourth-order valence-electron chi connectivity index (χ4n) is 1.49. The zero-order valence-corrected chi connectivity index (χ0v) is 10.4. The molecule has 0 radical (unpaired) electrons. The van der Waals surface area contributed by atoms with E-state index in [1.807, 2.05) is 10.8 Å². The van der Waals surface area contributed by atoms with Gasteiger partial charge < -0.3 is 4.57 Å². The molecule has 2 nitrogen and oxygen atoms in total. The van der Waals surface area contributed by atoms with Gasteiger partial charge in [0.15, 0.2) is 0 Å². The molecule has 0 saturated carbocycles. The summed E-state index contributed by atoms with van der Waals surface area (Å²) in [5.41, 5.74) is 2.46. The summed E-state index contributed by atoms with van der Waals surface area (Å²) in [6.45, 7) is 4.39. The lowest BCUT2D eigenvalue weighted by Gasteiger charge is -2.10. The van der Waals surface area contributed by atoms with Gasteiger partial charge in [-0.25, -0.2) is 4.98 Å². The molecule has 0 fully saturated rings. The van der Waals surface area contributed by atoms with Gasteiger partial charge in [-0.15, -0.1) is 0 Å². The van der Waals surface area contributed by atoms with Crippen molar-refractivity contribution in [2.45, 2.75) is 19.8 Å². The Morgan fingerprint density at radius 1 is 1.33 bits per heavy atom. The Kier molecular flexibility index (Phi) is 2.91. The van der Waals surface area contributed by atoms with Crippen LogP contribution >= 0.6 is 15.9 Å². The van der Waals surface area contributed by atoms with Crippen LogP contribution in [0.3, 0.4) is 0 Å². The molecular weight excluding hydrogens is 252 g/mol. The number of rotatable bonds is 2. The van der Waals surface area contributed by atoms with Crippen molar-refractivity contribution < 1.29 is 0 Å². The lowest BCUT2D eigenvalue weighted by atomic mass is 10.0. The predicted octanol–water partition coefficient (Wildman–Crippen LogP) is 3.76. The largest absolute Gasteiger partial charge is 0.305 e. The summed E-state index contributed by atoms with van der Waals surface area (Å²) < 4.78 is 3.10. The van der Waals surface area contributed by atoms with E-state index in [4.69, 9.17) is 0 Å². The lowest BCUT2D eigenvalue weighted by molar-refractivity contribution is 0.863. The normalized spacial score (nSPS) is 10.9. The molecule has 1 aromatic carbocycles. The highest BCUT2D eigenvalue weighted by molar-refractivity contribution is 9.10. The summed E-state index contributed by atoms with van der Waals surface area (Å²) in [5, 5.41) is 0. The Morgan fingerprint density at radius 3 is 2.67 bits per heavy atom. The number of nitrogens with zero attached hydrogens (tertiary/aromatic N) is 2. The van der Waals surface area contributed by atoms with Crippen molar-refractivity contribution in [2.75, 3.05) is 0 Å². The second-order valence-corrected chi connectivity index (χ2v) is 4.69. The fraction of sp³-hybridized carbons (Fsp3) is 0.250. The lowest BCUT2D eigenvalue weighted by Crippen LogP contribution is -1.94. The van der Waals surface area contributed by atoms with Gasteiger partial charge in [0.1, 0.15) is 0 Å². The summed E-state index contributed by atoms with van der Waals surface area (Å²) in [4.78, 5) is 4.04. The molecule has 1 aromatic heterocycles. The van der Waals surface area contributed by atoms with Gasteiger partial charge in [-0.3, -0.25) is 0 Å². The molecule has 0 amide bonds. The van der Waals surface area contributed by atoms with Crippen molar-refractivity contribution in [2.24, 2.45) is 0 Å². The molecule has 0 aliphatic heterocycles. The van der Waals surface area contributed by atoms with Crippen LogP contribution in [0.5, 0.6) is 0 Å². The molecule has 0 N–H and O–H groups in total. The second kappa shape index (κ2) is 4.19. The van der Waals surface area contributed by atoms with Crippen molar-refractivity contribution in [1.29, 1.82) is 0 Å². The molecule has 0 atom stereocenters. The summed E-state index contributed by atoms with van der Waals surface area (Å²) in [7, 11) is 0. The molecule has 78 valence electrons.